The van der Waals surface area contributed by atoms with Crippen molar-refractivity contribution in [3.63, 3.8) is 0 Å². The molecule has 2 heteroatoms. The zero-order valence-corrected chi connectivity index (χ0v) is 9.90. The molecule has 1 aliphatic heterocycles. The fourth-order valence-corrected chi connectivity index (χ4v) is 1.73. The van der Waals surface area contributed by atoms with Gasteiger partial charge in [0, 0.05) is 5.56 Å². The van der Waals surface area contributed by atoms with E-state index in [4.69, 9.17) is 9.47 Å². The monoisotopic (exact) mass is 218 g/mol. The van der Waals surface area contributed by atoms with E-state index < -0.39 is 0 Å². The smallest absolute Gasteiger partial charge is 0.122 e. The molecule has 0 saturated carbocycles. The van der Waals surface area contributed by atoms with Crippen LogP contribution in [0.15, 0.2) is 30.3 Å². The van der Waals surface area contributed by atoms with Crippen LogP contribution in [0, 0.1) is 0 Å². The predicted octanol–water partition coefficient (Wildman–Crippen LogP) is 3.63. The molecule has 86 valence electrons. The topological polar surface area (TPSA) is 18.5 Å². The molecule has 0 N–H and O–H groups in total. The van der Waals surface area contributed by atoms with E-state index in [2.05, 4.69) is 18.2 Å². The molecule has 0 unspecified atom stereocenters. The van der Waals surface area contributed by atoms with Gasteiger partial charge in [0.25, 0.3) is 0 Å². The molecule has 1 aliphatic rings. The maximum absolute atomic E-state index is 5.61. The molecule has 1 aromatic carbocycles. The van der Waals surface area contributed by atoms with Crippen LogP contribution in [-0.2, 0) is 4.74 Å². The van der Waals surface area contributed by atoms with Gasteiger partial charge in [0.2, 0.25) is 0 Å². The molecule has 2 rings (SSSR count). The zero-order valence-electron chi connectivity index (χ0n) is 9.90. The standard InChI is InChI=1S/C14H18O2/c1-11(2)16-13-8-6-12(7-9-13)14-5-3-4-10-15-14/h5-9,11H,3-4,10H2,1-2H3. The average molecular weight is 218 g/mol. The summed E-state index contributed by atoms with van der Waals surface area (Å²) in [6.07, 6.45) is 4.61. The summed E-state index contributed by atoms with van der Waals surface area (Å²) in [7, 11) is 0. The van der Waals surface area contributed by atoms with Gasteiger partial charge in [0.15, 0.2) is 0 Å². The molecule has 16 heavy (non-hydrogen) atoms. The molecule has 1 heterocycles. The van der Waals surface area contributed by atoms with Crippen LogP contribution in [0.1, 0.15) is 32.3 Å². The third-order valence-electron chi connectivity index (χ3n) is 2.45. The maximum atomic E-state index is 5.61. The summed E-state index contributed by atoms with van der Waals surface area (Å²) in [5.41, 5.74) is 1.14. The number of hydrogen-bond donors (Lipinski definition) is 0. The van der Waals surface area contributed by atoms with Gasteiger partial charge in [-0.25, -0.2) is 0 Å². The summed E-state index contributed by atoms with van der Waals surface area (Å²) in [5.74, 6) is 1.91. The summed E-state index contributed by atoms with van der Waals surface area (Å²) in [5, 5.41) is 0. The van der Waals surface area contributed by atoms with Crippen LogP contribution < -0.4 is 4.74 Å². The minimum atomic E-state index is 0.219. The Kier molecular flexibility index (Phi) is 3.50. The van der Waals surface area contributed by atoms with Crippen LogP contribution in [0.3, 0.4) is 0 Å². The second-order valence-electron chi connectivity index (χ2n) is 4.25. The van der Waals surface area contributed by atoms with Gasteiger partial charge < -0.3 is 9.47 Å². The highest BCUT2D eigenvalue weighted by Gasteiger charge is 2.07. The van der Waals surface area contributed by atoms with Crippen molar-refractivity contribution in [1.82, 2.24) is 0 Å². The van der Waals surface area contributed by atoms with E-state index in [1.165, 1.54) is 0 Å². The van der Waals surface area contributed by atoms with Crippen molar-refractivity contribution in [2.24, 2.45) is 0 Å². The Morgan fingerprint density at radius 3 is 2.50 bits per heavy atom. The van der Waals surface area contributed by atoms with E-state index in [9.17, 15) is 0 Å². The van der Waals surface area contributed by atoms with Crippen molar-refractivity contribution in [3.05, 3.63) is 35.9 Å². The molecule has 0 amide bonds. The van der Waals surface area contributed by atoms with E-state index in [1.54, 1.807) is 0 Å². The quantitative estimate of drug-likeness (QED) is 0.771. The number of hydrogen-bond acceptors (Lipinski definition) is 2. The molecule has 0 aromatic heterocycles. The molecule has 1 aromatic rings. The van der Waals surface area contributed by atoms with Crippen molar-refractivity contribution in [2.45, 2.75) is 32.8 Å². The van der Waals surface area contributed by atoms with Gasteiger partial charge in [0.1, 0.15) is 11.5 Å². The molecular formula is C14H18O2. The summed E-state index contributed by atoms with van der Waals surface area (Å²) >= 11 is 0. The fourth-order valence-electron chi connectivity index (χ4n) is 1.73. The number of benzene rings is 1. The van der Waals surface area contributed by atoms with Gasteiger partial charge in [-0.1, -0.05) is 0 Å². The molecule has 0 radical (unpaired) electrons. The molecule has 0 saturated heterocycles. The van der Waals surface area contributed by atoms with Gasteiger partial charge in [0.05, 0.1) is 12.7 Å². The third kappa shape index (κ3) is 2.78. The summed E-state index contributed by atoms with van der Waals surface area (Å²) in [4.78, 5) is 0. The highest BCUT2D eigenvalue weighted by molar-refractivity contribution is 5.60. The van der Waals surface area contributed by atoms with E-state index in [0.717, 1.165) is 36.5 Å². The molecule has 0 atom stereocenters. The van der Waals surface area contributed by atoms with Crippen molar-refractivity contribution in [2.75, 3.05) is 6.61 Å². The highest BCUT2D eigenvalue weighted by atomic mass is 16.5. The second kappa shape index (κ2) is 5.06. The Hall–Kier alpha value is -1.44. The summed E-state index contributed by atoms with van der Waals surface area (Å²) < 4.78 is 11.2. The SMILES string of the molecule is CC(C)Oc1ccc(C2=CCCCO2)cc1. The molecule has 0 fully saturated rings. The highest BCUT2D eigenvalue weighted by Crippen LogP contribution is 2.23. The lowest BCUT2D eigenvalue weighted by atomic mass is 10.1. The Morgan fingerprint density at radius 2 is 1.94 bits per heavy atom. The van der Waals surface area contributed by atoms with E-state index in [1.807, 2.05) is 26.0 Å². The summed E-state index contributed by atoms with van der Waals surface area (Å²) in [6.45, 7) is 4.89. The van der Waals surface area contributed by atoms with Crippen molar-refractivity contribution in [3.8, 4) is 5.75 Å². The number of allylic oxidation sites excluding steroid dienone is 1. The van der Waals surface area contributed by atoms with Crippen molar-refractivity contribution in [1.29, 1.82) is 0 Å². The van der Waals surface area contributed by atoms with Crippen LogP contribution in [0.2, 0.25) is 0 Å². The van der Waals surface area contributed by atoms with Crippen LogP contribution in [0.4, 0.5) is 0 Å². The average Bonchev–Trinajstić information content (AvgIpc) is 2.30. The van der Waals surface area contributed by atoms with Gasteiger partial charge in [-0.2, -0.15) is 0 Å². The van der Waals surface area contributed by atoms with Gasteiger partial charge in [-0.05, 0) is 57.0 Å². The van der Waals surface area contributed by atoms with Crippen LogP contribution in [-0.4, -0.2) is 12.7 Å². The molecular weight excluding hydrogens is 200 g/mol. The normalized spacial score (nSPS) is 15.6. The van der Waals surface area contributed by atoms with E-state index in [0.29, 0.717) is 0 Å². The first-order valence-electron chi connectivity index (χ1n) is 5.86. The van der Waals surface area contributed by atoms with Crippen LogP contribution in [0.25, 0.3) is 5.76 Å². The first-order chi connectivity index (χ1) is 7.75. The Labute approximate surface area is 96.9 Å². The molecule has 2 nitrogen and oxygen atoms in total. The van der Waals surface area contributed by atoms with Gasteiger partial charge in [-0.3, -0.25) is 0 Å². The molecule has 0 bridgehead atoms. The minimum absolute atomic E-state index is 0.219. The lowest BCUT2D eigenvalue weighted by Gasteiger charge is -2.15. The molecule has 0 spiro atoms. The fraction of sp³-hybridized carbons (Fsp3) is 0.429. The van der Waals surface area contributed by atoms with E-state index in [-0.39, 0.29) is 6.10 Å². The van der Waals surface area contributed by atoms with Gasteiger partial charge in [-0.15, -0.1) is 0 Å². The van der Waals surface area contributed by atoms with Crippen molar-refractivity contribution < 1.29 is 9.47 Å². The van der Waals surface area contributed by atoms with Crippen molar-refractivity contribution >= 4 is 5.76 Å². The van der Waals surface area contributed by atoms with E-state index >= 15 is 0 Å². The maximum Gasteiger partial charge on any atom is 0.122 e. The number of ether oxygens (including phenoxy) is 2. The largest absolute Gasteiger partial charge is 0.493 e. The lowest BCUT2D eigenvalue weighted by molar-refractivity contribution is 0.242. The predicted molar refractivity (Wildman–Crippen MR) is 65.4 cm³/mol. The lowest BCUT2D eigenvalue weighted by Crippen LogP contribution is -2.05. The Morgan fingerprint density at radius 1 is 1.19 bits per heavy atom. The zero-order chi connectivity index (χ0) is 11.4. The van der Waals surface area contributed by atoms with Crippen LogP contribution in [0.5, 0.6) is 5.75 Å². The first kappa shape index (κ1) is 11.1. The Bertz CT molecular complexity index is 363. The third-order valence-corrected chi connectivity index (χ3v) is 2.45. The molecule has 0 aliphatic carbocycles. The minimum Gasteiger partial charge on any atom is -0.493 e. The first-order valence-corrected chi connectivity index (χ1v) is 5.86. The summed E-state index contributed by atoms with van der Waals surface area (Å²) in [6, 6.07) is 8.09. The number of rotatable bonds is 3. The van der Waals surface area contributed by atoms with Gasteiger partial charge >= 0.3 is 0 Å². The Balaban J connectivity index is 2.09. The van der Waals surface area contributed by atoms with Crippen LogP contribution >= 0.6 is 0 Å². The second-order valence-corrected chi connectivity index (χ2v) is 4.25.